The minimum Gasteiger partial charge on any atom is -0.450 e. The first-order chi connectivity index (χ1) is 9.92. The maximum Gasteiger partial charge on any atom is 0.409 e. The number of sulfonamides is 1. The number of piperidine rings is 1. The number of likely N-dealkylation sites (tertiary alicyclic amines) is 1. The summed E-state index contributed by atoms with van der Waals surface area (Å²) in [6, 6.07) is 1.27. The summed E-state index contributed by atoms with van der Waals surface area (Å²) in [4.78, 5) is 13.2. The number of carbonyl (C=O) groups is 1. The number of nitrogen functional groups attached to an aromatic ring is 1. The molecule has 2 rings (SSSR count). The molecule has 1 aromatic heterocycles. The van der Waals surface area contributed by atoms with E-state index < -0.39 is 10.0 Å². The quantitative estimate of drug-likeness (QED) is 0.863. The smallest absolute Gasteiger partial charge is 0.409 e. The van der Waals surface area contributed by atoms with Gasteiger partial charge >= 0.3 is 6.09 Å². The van der Waals surface area contributed by atoms with Crippen molar-refractivity contribution in [1.29, 1.82) is 0 Å². The molecule has 1 aromatic rings. The van der Waals surface area contributed by atoms with Crippen molar-refractivity contribution in [1.82, 2.24) is 9.62 Å². The second-order valence-corrected chi connectivity index (χ2v) is 7.63. The molecule has 9 heteroatoms. The molecule has 0 aliphatic carbocycles. The fourth-order valence-corrected chi connectivity index (χ4v) is 4.55. The van der Waals surface area contributed by atoms with Gasteiger partial charge in [0.1, 0.15) is 4.21 Å². The number of rotatable bonds is 4. The lowest BCUT2D eigenvalue weighted by atomic mass is 10.1. The number of anilines is 1. The maximum absolute atomic E-state index is 12.2. The van der Waals surface area contributed by atoms with Gasteiger partial charge in [0.05, 0.1) is 6.61 Å². The normalized spacial score (nSPS) is 16.9. The summed E-state index contributed by atoms with van der Waals surface area (Å²) in [5, 5.41) is 1.60. The number of hydrogen-bond donors (Lipinski definition) is 2. The van der Waals surface area contributed by atoms with Crippen molar-refractivity contribution < 1.29 is 17.9 Å². The molecule has 0 aromatic carbocycles. The lowest BCUT2D eigenvalue weighted by molar-refractivity contribution is 0.0966. The molecule has 0 unspecified atom stereocenters. The summed E-state index contributed by atoms with van der Waals surface area (Å²) >= 11 is 1.10. The van der Waals surface area contributed by atoms with E-state index in [1.165, 1.54) is 6.07 Å². The first-order valence-corrected chi connectivity index (χ1v) is 9.06. The van der Waals surface area contributed by atoms with E-state index in [0.717, 1.165) is 11.3 Å². The Labute approximate surface area is 128 Å². The number of hydrogen-bond acceptors (Lipinski definition) is 6. The molecule has 21 heavy (non-hydrogen) atoms. The number of nitrogens with zero attached hydrogens (tertiary/aromatic N) is 1. The van der Waals surface area contributed by atoms with Gasteiger partial charge in [0.25, 0.3) is 0 Å². The van der Waals surface area contributed by atoms with E-state index >= 15 is 0 Å². The monoisotopic (exact) mass is 333 g/mol. The van der Waals surface area contributed by atoms with Gasteiger partial charge in [0.15, 0.2) is 0 Å². The minimum absolute atomic E-state index is 0.177. The van der Waals surface area contributed by atoms with Gasteiger partial charge in [-0.2, -0.15) is 0 Å². The zero-order chi connectivity index (χ0) is 15.5. The van der Waals surface area contributed by atoms with Gasteiger partial charge in [-0.25, -0.2) is 17.9 Å². The third kappa shape index (κ3) is 4.08. The van der Waals surface area contributed by atoms with Crippen LogP contribution in [0.25, 0.3) is 0 Å². The Bertz CT molecular complexity index is 591. The van der Waals surface area contributed by atoms with Crippen LogP contribution in [0.1, 0.15) is 19.8 Å². The molecule has 1 aliphatic rings. The highest BCUT2D eigenvalue weighted by atomic mass is 32.2. The van der Waals surface area contributed by atoms with Crippen LogP contribution in [0.4, 0.5) is 10.5 Å². The molecule has 0 radical (unpaired) electrons. The maximum atomic E-state index is 12.2. The summed E-state index contributed by atoms with van der Waals surface area (Å²) in [6.07, 6.45) is 0.794. The Kier molecular flexibility index (Phi) is 5.07. The Morgan fingerprint density at radius 1 is 1.52 bits per heavy atom. The number of nitrogens with two attached hydrogens (primary N) is 1. The molecule has 2 heterocycles. The SMILES string of the molecule is CCOC(=O)N1CCC(NS(=O)(=O)c2cc(N)cs2)CC1. The van der Waals surface area contributed by atoms with E-state index in [0.29, 0.717) is 38.2 Å². The Hall–Kier alpha value is -1.32. The van der Waals surface area contributed by atoms with Gasteiger partial charge < -0.3 is 15.4 Å². The van der Waals surface area contributed by atoms with Gasteiger partial charge in [-0.15, -0.1) is 11.3 Å². The Morgan fingerprint density at radius 2 is 2.19 bits per heavy atom. The predicted octanol–water partition coefficient (Wildman–Crippen LogP) is 1.23. The van der Waals surface area contributed by atoms with Crippen LogP contribution < -0.4 is 10.5 Å². The van der Waals surface area contributed by atoms with Crippen molar-refractivity contribution in [3.05, 3.63) is 11.4 Å². The average Bonchev–Trinajstić information content (AvgIpc) is 2.87. The minimum atomic E-state index is -3.53. The summed E-state index contributed by atoms with van der Waals surface area (Å²) in [5.74, 6) is 0. The average molecular weight is 333 g/mol. The zero-order valence-electron chi connectivity index (χ0n) is 11.7. The van der Waals surface area contributed by atoms with Crippen LogP contribution in [0.2, 0.25) is 0 Å². The molecular weight excluding hydrogens is 314 g/mol. The highest BCUT2D eigenvalue weighted by molar-refractivity contribution is 7.91. The van der Waals surface area contributed by atoms with E-state index in [1.807, 2.05) is 0 Å². The first-order valence-electron chi connectivity index (χ1n) is 6.70. The van der Waals surface area contributed by atoms with Gasteiger partial charge in [0, 0.05) is 30.2 Å². The van der Waals surface area contributed by atoms with E-state index in [4.69, 9.17) is 10.5 Å². The summed E-state index contributed by atoms with van der Waals surface area (Å²) in [5.41, 5.74) is 5.99. The molecule has 3 N–H and O–H groups in total. The van der Waals surface area contributed by atoms with Crippen LogP contribution in [0, 0.1) is 0 Å². The lowest BCUT2D eigenvalue weighted by Gasteiger charge is -2.31. The van der Waals surface area contributed by atoms with Gasteiger partial charge in [-0.3, -0.25) is 0 Å². The molecule has 0 spiro atoms. The van der Waals surface area contributed by atoms with Gasteiger partial charge in [-0.05, 0) is 25.8 Å². The fourth-order valence-electron chi connectivity index (χ4n) is 2.14. The number of ether oxygens (including phenoxy) is 1. The molecule has 1 saturated heterocycles. The molecule has 0 atom stereocenters. The van der Waals surface area contributed by atoms with Crippen molar-refractivity contribution in [3.8, 4) is 0 Å². The van der Waals surface area contributed by atoms with Crippen molar-refractivity contribution >= 4 is 33.1 Å². The van der Waals surface area contributed by atoms with Crippen LogP contribution in [-0.4, -0.2) is 45.1 Å². The molecule has 0 saturated carbocycles. The third-order valence-electron chi connectivity index (χ3n) is 3.20. The van der Waals surface area contributed by atoms with Gasteiger partial charge in [-0.1, -0.05) is 0 Å². The van der Waals surface area contributed by atoms with Crippen LogP contribution in [0.15, 0.2) is 15.7 Å². The molecule has 1 aliphatic heterocycles. The second-order valence-electron chi connectivity index (χ2n) is 4.78. The highest BCUT2D eigenvalue weighted by Gasteiger charge is 2.27. The zero-order valence-corrected chi connectivity index (χ0v) is 13.4. The van der Waals surface area contributed by atoms with Crippen LogP contribution in [0.3, 0.4) is 0 Å². The predicted molar refractivity (Wildman–Crippen MR) is 80.7 cm³/mol. The van der Waals surface area contributed by atoms with E-state index in [9.17, 15) is 13.2 Å². The topological polar surface area (TPSA) is 102 Å². The van der Waals surface area contributed by atoms with E-state index in [2.05, 4.69) is 4.72 Å². The summed E-state index contributed by atoms with van der Waals surface area (Å²) in [7, 11) is -3.53. The summed E-state index contributed by atoms with van der Waals surface area (Å²) < 4.78 is 32.1. The van der Waals surface area contributed by atoms with Crippen molar-refractivity contribution in [3.63, 3.8) is 0 Å². The van der Waals surface area contributed by atoms with E-state index in [-0.39, 0.29) is 16.3 Å². The van der Waals surface area contributed by atoms with Gasteiger partial charge in [0.2, 0.25) is 10.0 Å². The summed E-state index contributed by atoms with van der Waals surface area (Å²) in [6.45, 7) is 3.06. The Balaban J connectivity index is 1.90. The molecule has 1 fully saturated rings. The molecular formula is C12H19N3O4S2. The third-order valence-corrected chi connectivity index (χ3v) is 6.18. The Morgan fingerprint density at radius 3 is 2.71 bits per heavy atom. The molecule has 7 nitrogen and oxygen atoms in total. The molecule has 118 valence electrons. The lowest BCUT2D eigenvalue weighted by Crippen LogP contribution is -2.46. The van der Waals surface area contributed by atoms with Crippen molar-refractivity contribution in [2.45, 2.75) is 30.0 Å². The van der Waals surface area contributed by atoms with Crippen molar-refractivity contribution in [2.75, 3.05) is 25.4 Å². The standard InChI is InChI=1S/C12H19N3O4S2/c1-2-19-12(16)15-5-3-10(4-6-15)14-21(17,18)11-7-9(13)8-20-11/h7-8,10,14H,2-6,13H2,1H3. The van der Waals surface area contributed by atoms with Crippen molar-refractivity contribution in [2.24, 2.45) is 0 Å². The van der Waals surface area contributed by atoms with E-state index in [1.54, 1.807) is 17.2 Å². The molecule has 0 bridgehead atoms. The fraction of sp³-hybridized carbons (Fsp3) is 0.583. The number of nitrogens with one attached hydrogen (secondary N) is 1. The first kappa shape index (κ1) is 16.1. The highest BCUT2D eigenvalue weighted by Crippen LogP contribution is 2.23. The largest absolute Gasteiger partial charge is 0.450 e. The van der Waals surface area contributed by atoms with Crippen LogP contribution >= 0.6 is 11.3 Å². The number of amides is 1. The number of thiophene rings is 1. The molecule has 1 amide bonds. The second kappa shape index (κ2) is 6.63. The van der Waals surface area contributed by atoms with Crippen LogP contribution in [-0.2, 0) is 14.8 Å². The van der Waals surface area contributed by atoms with Crippen LogP contribution in [0.5, 0.6) is 0 Å². The number of carbonyl (C=O) groups excluding carboxylic acids is 1.